The number of benzene rings is 2. The molecule has 0 unspecified atom stereocenters. The van der Waals surface area contributed by atoms with Gasteiger partial charge in [-0.3, -0.25) is 5.32 Å². The first kappa shape index (κ1) is 17.3. The number of nitrogens with one attached hydrogen (secondary N) is 3. The quantitative estimate of drug-likeness (QED) is 0.656. The highest BCUT2D eigenvalue weighted by atomic mass is 19.1. The molecule has 3 aromatic rings. The number of carbonyl (C=O) groups is 2. The highest BCUT2D eigenvalue weighted by Crippen LogP contribution is 2.20. The molecule has 0 atom stereocenters. The van der Waals surface area contributed by atoms with Crippen molar-refractivity contribution >= 4 is 34.5 Å². The molecule has 26 heavy (non-hydrogen) atoms. The number of furan rings is 1. The lowest BCUT2D eigenvalue weighted by atomic mass is 10.2. The van der Waals surface area contributed by atoms with Gasteiger partial charge < -0.3 is 19.8 Å². The van der Waals surface area contributed by atoms with Gasteiger partial charge in [-0.15, -0.1) is 0 Å². The second-order valence-electron chi connectivity index (χ2n) is 5.37. The molecule has 3 amide bonds. The molecule has 3 N–H and O–H groups in total. The third kappa shape index (κ3) is 4.10. The standard InChI is InChI=1S/C18H16FN3O4/c1-25-18(24)22-15-9-12(6-7-14(15)19)21-17(23)20-10-13-8-11-4-2-3-5-16(11)26-13/h2-9H,10H2,1H3,(H,22,24)(H2,20,21,23). The Morgan fingerprint density at radius 3 is 2.69 bits per heavy atom. The van der Waals surface area contributed by atoms with Crippen LogP contribution in [0.1, 0.15) is 5.76 Å². The summed E-state index contributed by atoms with van der Waals surface area (Å²) in [6.07, 6.45) is -0.810. The Kier molecular flexibility index (Phi) is 5.02. The molecule has 0 aliphatic heterocycles. The van der Waals surface area contributed by atoms with Crippen LogP contribution in [0.2, 0.25) is 0 Å². The van der Waals surface area contributed by atoms with E-state index >= 15 is 0 Å². The van der Waals surface area contributed by atoms with Gasteiger partial charge >= 0.3 is 12.1 Å². The first-order valence-electron chi connectivity index (χ1n) is 7.72. The molecule has 0 bridgehead atoms. The minimum absolute atomic E-state index is 0.105. The molecule has 0 saturated carbocycles. The van der Waals surface area contributed by atoms with Crippen LogP contribution >= 0.6 is 0 Å². The van der Waals surface area contributed by atoms with Gasteiger partial charge in [0.2, 0.25) is 0 Å². The van der Waals surface area contributed by atoms with Crippen molar-refractivity contribution in [1.29, 1.82) is 0 Å². The van der Waals surface area contributed by atoms with E-state index in [0.29, 0.717) is 11.4 Å². The predicted molar refractivity (Wildman–Crippen MR) is 94.5 cm³/mol. The van der Waals surface area contributed by atoms with Crippen LogP contribution in [0, 0.1) is 5.82 Å². The van der Waals surface area contributed by atoms with Gasteiger partial charge in [-0.05, 0) is 30.3 Å². The largest absolute Gasteiger partial charge is 0.459 e. The molecule has 8 heteroatoms. The van der Waals surface area contributed by atoms with Crippen LogP contribution < -0.4 is 16.0 Å². The van der Waals surface area contributed by atoms with E-state index < -0.39 is 17.9 Å². The molecule has 1 heterocycles. The van der Waals surface area contributed by atoms with E-state index in [4.69, 9.17) is 4.42 Å². The number of urea groups is 1. The molecule has 0 aliphatic carbocycles. The number of hydrogen-bond donors (Lipinski definition) is 3. The Morgan fingerprint density at radius 1 is 1.12 bits per heavy atom. The molecular weight excluding hydrogens is 341 g/mol. The number of halogens is 1. The molecular formula is C18H16FN3O4. The average Bonchev–Trinajstić information content (AvgIpc) is 3.05. The Labute approximate surface area is 148 Å². The number of ether oxygens (including phenoxy) is 1. The van der Waals surface area contributed by atoms with Crippen molar-refractivity contribution in [2.45, 2.75) is 6.54 Å². The molecule has 0 saturated heterocycles. The Morgan fingerprint density at radius 2 is 1.92 bits per heavy atom. The fourth-order valence-corrected chi connectivity index (χ4v) is 2.33. The third-order valence-corrected chi connectivity index (χ3v) is 3.55. The van der Waals surface area contributed by atoms with Crippen molar-refractivity contribution in [3.05, 3.63) is 60.1 Å². The summed E-state index contributed by atoms with van der Waals surface area (Å²) in [6.45, 7) is 0.189. The van der Waals surface area contributed by atoms with E-state index in [1.54, 1.807) is 0 Å². The average molecular weight is 357 g/mol. The highest BCUT2D eigenvalue weighted by molar-refractivity contribution is 5.91. The van der Waals surface area contributed by atoms with E-state index in [1.165, 1.54) is 19.2 Å². The van der Waals surface area contributed by atoms with Gasteiger partial charge in [0.25, 0.3) is 0 Å². The van der Waals surface area contributed by atoms with E-state index in [9.17, 15) is 14.0 Å². The number of amides is 3. The minimum atomic E-state index is -0.810. The maximum atomic E-state index is 13.7. The van der Waals surface area contributed by atoms with Crippen LogP contribution in [-0.4, -0.2) is 19.2 Å². The Bertz CT molecular complexity index is 922. The zero-order chi connectivity index (χ0) is 18.5. The van der Waals surface area contributed by atoms with Crippen LogP contribution in [0.3, 0.4) is 0 Å². The SMILES string of the molecule is COC(=O)Nc1cc(NC(=O)NCc2cc3ccccc3o2)ccc1F. The number of fused-ring (bicyclic) bond motifs is 1. The maximum Gasteiger partial charge on any atom is 0.411 e. The van der Waals surface area contributed by atoms with Gasteiger partial charge in [0, 0.05) is 11.1 Å². The van der Waals surface area contributed by atoms with Crippen molar-refractivity contribution in [3.63, 3.8) is 0 Å². The molecule has 0 aliphatic rings. The smallest absolute Gasteiger partial charge is 0.411 e. The zero-order valence-electron chi connectivity index (χ0n) is 13.8. The summed E-state index contributed by atoms with van der Waals surface area (Å²) in [5.74, 6) is -0.0443. The second-order valence-corrected chi connectivity index (χ2v) is 5.37. The number of anilines is 2. The van der Waals surface area contributed by atoms with Crippen molar-refractivity contribution < 1.29 is 23.1 Å². The number of methoxy groups -OCH3 is 1. The van der Waals surface area contributed by atoms with Crippen molar-refractivity contribution in [1.82, 2.24) is 5.32 Å². The van der Waals surface area contributed by atoms with Crippen molar-refractivity contribution in [2.24, 2.45) is 0 Å². The molecule has 0 spiro atoms. The lowest BCUT2D eigenvalue weighted by Crippen LogP contribution is -2.28. The summed E-state index contributed by atoms with van der Waals surface area (Å²) in [4.78, 5) is 23.2. The lowest BCUT2D eigenvalue weighted by Gasteiger charge is -2.10. The van der Waals surface area contributed by atoms with E-state index in [1.807, 2.05) is 30.3 Å². The number of carbonyl (C=O) groups excluding carboxylic acids is 2. The first-order chi connectivity index (χ1) is 12.5. The van der Waals surface area contributed by atoms with Crippen LogP contribution in [0.4, 0.5) is 25.4 Å². The van der Waals surface area contributed by atoms with Crippen LogP contribution in [0.5, 0.6) is 0 Å². The van der Waals surface area contributed by atoms with Gasteiger partial charge in [0.15, 0.2) is 0 Å². The summed E-state index contributed by atoms with van der Waals surface area (Å²) in [6, 6.07) is 12.6. The molecule has 0 fully saturated rings. The molecule has 0 radical (unpaired) electrons. The summed E-state index contributed by atoms with van der Waals surface area (Å²) >= 11 is 0. The summed E-state index contributed by atoms with van der Waals surface area (Å²) in [5, 5.41) is 8.37. The zero-order valence-corrected chi connectivity index (χ0v) is 13.8. The Hall–Kier alpha value is -3.55. The number of para-hydroxylation sites is 1. The van der Waals surface area contributed by atoms with Gasteiger partial charge in [0.05, 0.1) is 19.3 Å². The second kappa shape index (κ2) is 7.56. The molecule has 3 rings (SSSR count). The summed E-state index contributed by atoms with van der Waals surface area (Å²) in [7, 11) is 1.17. The van der Waals surface area contributed by atoms with Crippen LogP contribution in [0.25, 0.3) is 11.0 Å². The van der Waals surface area contributed by atoms with Crippen LogP contribution in [-0.2, 0) is 11.3 Å². The maximum absolute atomic E-state index is 13.7. The highest BCUT2D eigenvalue weighted by Gasteiger charge is 2.10. The fraction of sp³-hybridized carbons (Fsp3) is 0.111. The van der Waals surface area contributed by atoms with Gasteiger partial charge in [-0.1, -0.05) is 18.2 Å². The summed E-state index contributed by atoms with van der Waals surface area (Å²) in [5.41, 5.74) is 0.939. The van der Waals surface area contributed by atoms with Gasteiger partial charge in [-0.25, -0.2) is 14.0 Å². The van der Waals surface area contributed by atoms with Crippen molar-refractivity contribution in [3.8, 4) is 0 Å². The van der Waals surface area contributed by atoms with Gasteiger partial charge in [-0.2, -0.15) is 0 Å². The summed E-state index contributed by atoms with van der Waals surface area (Å²) < 4.78 is 23.7. The van der Waals surface area contributed by atoms with E-state index in [0.717, 1.165) is 17.0 Å². The molecule has 1 aromatic heterocycles. The number of rotatable bonds is 4. The Balaban J connectivity index is 1.60. The number of hydrogen-bond acceptors (Lipinski definition) is 4. The monoisotopic (exact) mass is 357 g/mol. The minimum Gasteiger partial charge on any atom is -0.459 e. The third-order valence-electron chi connectivity index (χ3n) is 3.55. The van der Waals surface area contributed by atoms with Crippen LogP contribution in [0.15, 0.2) is 52.9 Å². The normalized spacial score (nSPS) is 10.4. The first-order valence-corrected chi connectivity index (χ1v) is 7.72. The topological polar surface area (TPSA) is 92.6 Å². The molecule has 134 valence electrons. The van der Waals surface area contributed by atoms with E-state index in [-0.39, 0.29) is 12.2 Å². The van der Waals surface area contributed by atoms with Crippen molar-refractivity contribution in [2.75, 3.05) is 17.7 Å². The molecule has 7 nitrogen and oxygen atoms in total. The lowest BCUT2D eigenvalue weighted by molar-refractivity contribution is 0.187. The fourth-order valence-electron chi connectivity index (χ4n) is 2.33. The predicted octanol–water partition coefficient (Wildman–Crippen LogP) is 4.07. The van der Waals surface area contributed by atoms with Gasteiger partial charge in [0.1, 0.15) is 17.2 Å². The molecule has 2 aromatic carbocycles. The van der Waals surface area contributed by atoms with E-state index in [2.05, 4.69) is 20.7 Å².